The smallest absolute Gasteiger partial charge is 0.271 e. The van der Waals surface area contributed by atoms with Crippen molar-refractivity contribution in [1.29, 1.82) is 0 Å². The van der Waals surface area contributed by atoms with Gasteiger partial charge in [-0.2, -0.15) is 5.10 Å². The van der Waals surface area contributed by atoms with Crippen LogP contribution in [0.2, 0.25) is 0 Å². The number of carbonyl (C=O) groups is 1. The van der Waals surface area contributed by atoms with Crippen LogP contribution in [0.3, 0.4) is 0 Å². The number of nitrogens with zero attached hydrogens (tertiary/aromatic N) is 3. The first-order chi connectivity index (χ1) is 15.3. The summed E-state index contributed by atoms with van der Waals surface area (Å²) in [5, 5.41) is 15.3. The van der Waals surface area contributed by atoms with Crippen LogP contribution < -0.4 is 9.73 Å². The second-order valence-electron chi connectivity index (χ2n) is 6.77. The van der Waals surface area contributed by atoms with Crippen molar-refractivity contribution in [3.8, 4) is 0 Å². The van der Waals surface area contributed by atoms with E-state index in [2.05, 4.69) is 10.5 Å². The Morgan fingerprint density at radius 1 is 1.03 bits per heavy atom. The van der Waals surface area contributed by atoms with Gasteiger partial charge >= 0.3 is 0 Å². The maximum Gasteiger partial charge on any atom is 0.293 e. The minimum atomic E-state index is -4.27. The molecular formula is C22H20N4O5S. The second-order valence-corrected chi connectivity index (χ2v) is 8.64. The van der Waals surface area contributed by atoms with Crippen molar-refractivity contribution < 1.29 is 18.1 Å². The zero-order valence-electron chi connectivity index (χ0n) is 17.1. The van der Waals surface area contributed by atoms with Crippen LogP contribution >= 0.6 is 0 Å². The fourth-order valence-electron chi connectivity index (χ4n) is 2.85. The summed E-state index contributed by atoms with van der Waals surface area (Å²) < 4.78 is 27.2. The number of rotatable bonds is 8. The Kier molecular flexibility index (Phi) is 6.96. The highest BCUT2D eigenvalue weighted by atomic mass is 32.2. The maximum absolute atomic E-state index is 13.3. The highest BCUT2D eigenvalue weighted by Gasteiger charge is 2.31. The molecule has 32 heavy (non-hydrogen) atoms. The van der Waals surface area contributed by atoms with Gasteiger partial charge < -0.3 is 0 Å². The van der Waals surface area contributed by atoms with Gasteiger partial charge in [-0.05, 0) is 30.7 Å². The molecule has 0 heterocycles. The molecule has 1 N–H and O–H groups in total. The Labute approximate surface area is 185 Å². The van der Waals surface area contributed by atoms with E-state index in [9.17, 15) is 23.3 Å². The molecule has 0 aliphatic heterocycles. The highest BCUT2D eigenvalue weighted by Crippen LogP contribution is 2.31. The van der Waals surface area contributed by atoms with Crippen LogP contribution in [0.5, 0.6) is 0 Å². The van der Waals surface area contributed by atoms with Gasteiger partial charge in [-0.25, -0.2) is 18.1 Å². The number of nitro benzene ring substituents is 1. The van der Waals surface area contributed by atoms with Gasteiger partial charge in [-0.3, -0.25) is 14.9 Å². The fraction of sp³-hybridized carbons (Fsp3) is 0.0909. The van der Waals surface area contributed by atoms with E-state index < -0.39 is 33.1 Å². The molecule has 0 fully saturated rings. The lowest BCUT2D eigenvalue weighted by Gasteiger charge is -2.23. The second kappa shape index (κ2) is 9.84. The van der Waals surface area contributed by atoms with Gasteiger partial charge in [0.15, 0.2) is 0 Å². The molecule has 3 rings (SSSR count). The fourth-order valence-corrected chi connectivity index (χ4v) is 4.30. The van der Waals surface area contributed by atoms with Crippen LogP contribution in [0.25, 0.3) is 0 Å². The summed E-state index contributed by atoms with van der Waals surface area (Å²) in [6.07, 6.45) is 1.42. The standard InChI is InChI=1S/C22H20N4O5S/c1-17-11-13-18(14-12-17)15-23-24-22(27)16-25(20-9-5-6-10-21(20)26(28)29)32(30,31)19-7-3-2-4-8-19/h2-15H,16H2,1H3,(H,24,27)/b23-15-. The lowest BCUT2D eigenvalue weighted by molar-refractivity contribution is -0.384. The molecule has 9 nitrogen and oxygen atoms in total. The summed E-state index contributed by atoms with van der Waals surface area (Å²) in [5.41, 5.74) is 3.41. The number of para-hydroxylation sites is 2. The molecular weight excluding hydrogens is 432 g/mol. The minimum absolute atomic E-state index is 0.103. The first-order valence-corrected chi connectivity index (χ1v) is 10.9. The summed E-state index contributed by atoms with van der Waals surface area (Å²) in [7, 11) is -4.27. The van der Waals surface area contributed by atoms with Crippen molar-refractivity contribution >= 4 is 33.5 Å². The molecule has 0 radical (unpaired) electrons. The third kappa shape index (κ3) is 5.35. The molecule has 0 unspecified atom stereocenters. The third-order valence-corrected chi connectivity index (χ3v) is 6.22. The van der Waals surface area contributed by atoms with Gasteiger partial charge in [0, 0.05) is 6.07 Å². The van der Waals surface area contributed by atoms with Gasteiger partial charge in [-0.15, -0.1) is 0 Å². The number of hydrazone groups is 1. The van der Waals surface area contributed by atoms with Crippen LogP contribution in [-0.4, -0.2) is 32.0 Å². The number of nitro groups is 1. The van der Waals surface area contributed by atoms with Gasteiger partial charge in [0.2, 0.25) is 0 Å². The first kappa shape index (κ1) is 22.6. The van der Waals surface area contributed by atoms with Crippen molar-refractivity contribution in [2.75, 3.05) is 10.8 Å². The van der Waals surface area contributed by atoms with Crippen molar-refractivity contribution in [3.05, 3.63) is 100 Å². The van der Waals surface area contributed by atoms with E-state index in [-0.39, 0.29) is 10.6 Å². The minimum Gasteiger partial charge on any atom is -0.271 e. The monoisotopic (exact) mass is 452 g/mol. The molecule has 3 aromatic carbocycles. The largest absolute Gasteiger partial charge is 0.293 e. The molecule has 0 bridgehead atoms. The molecule has 0 atom stereocenters. The Bertz CT molecular complexity index is 1240. The number of carbonyl (C=O) groups excluding carboxylic acids is 1. The van der Waals surface area contributed by atoms with Crippen molar-refractivity contribution in [1.82, 2.24) is 5.43 Å². The summed E-state index contributed by atoms with van der Waals surface area (Å²) in [6.45, 7) is 1.24. The number of hydrogen-bond acceptors (Lipinski definition) is 6. The van der Waals surface area contributed by atoms with E-state index >= 15 is 0 Å². The Balaban J connectivity index is 1.90. The average Bonchev–Trinajstić information content (AvgIpc) is 2.79. The molecule has 0 saturated heterocycles. The van der Waals surface area contributed by atoms with Crippen LogP contribution in [0, 0.1) is 17.0 Å². The van der Waals surface area contributed by atoms with E-state index in [4.69, 9.17) is 0 Å². The zero-order chi connectivity index (χ0) is 23.1. The zero-order valence-corrected chi connectivity index (χ0v) is 17.9. The Morgan fingerprint density at radius 3 is 2.31 bits per heavy atom. The summed E-state index contributed by atoms with van der Waals surface area (Å²) in [5.74, 6) is -0.758. The predicted molar refractivity (Wildman–Crippen MR) is 121 cm³/mol. The molecule has 3 aromatic rings. The number of anilines is 1. The van der Waals surface area contributed by atoms with Crippen LogP contribution in [-0.2, 0) is 14.8 Å². The Morgan fingerprint density at radius 2 is 1.66 bits per heavy atom. The normalized spacial score (nSPS) is 11.3. The molecule has 0 saturated carbocycles. The Hall–Kier alpha value is -4.05. The average molecular weight is 452 g/mol. The number of amides is 1. The predicted octanol–water partition coefficient (Wildman–Crippen LogP) is 3.25. The van der Waals surface area contributed by atoms with Crippen LogP contribution in [0.4, 0.5) is 11.4 Å². The molecule has 0 spiro atoms. The number of aryl methyl sites for hydroxylation is 1. The number of nitrogens with one attached hydrogen (secondary N) is 1. The van der Waals surface area contributed by atoms with E-state index in [0.717, 1.165) is 11.1 Å². The summed E-state index contributed by atoms with van der Waals surface area (Å²) >= 11 is 0. The van der Waals surface area contributed by atoms with Crippen LogP contribution in [0.1, 0.15) is 11.1 Å². The molecule has 10 heteroatoms. The quantitative estimate of drug-likeness (QED) is 0.319. The van der Waals surface area contributed by atoms with Crippen molar-refractivity contribution in [2.45, 2.75) is 11.8 Å². The van der Waals surface area contributed by atoms with Gasteiger partial charge in [0.05, 0.1) is 16.0 Å². The number of benzene rings is 3. The van der Waals surface area contributed by atoms with Crippen LogP contribution in [0.15, 0.2) is 88.9 Å². The van der Waals surface area contributed by atoms with Crippen molar-refractivity contribution in [3.63, 3.8) is 0 Å². The first-order valence-electron chi connectivity index (χ1n) is 9.49. The van der Waals surface area contributed by atoms with E-state index in [1.807, 2.05) is 31.2 Å². The van der Waals surface area contributed by atoms with E-state index in [0.29, 0.717) is 4.31 Å². The molecule has 0 aliphatic carbocycles. The number of hydrogen-bond donors (Lipinski definition) is 1. The topological polar surface area (TPSA) is 122 Å². The highest BCUT2D eigenvalue weighted by molar-refractivity contribution is 7.92. The molecule has 0 aliphatic rings. The van der Waals surface area contributed by atoms with Gasteiger partial charge in [0.1, 0.15) is 12.2 Å². The lowest BCUT2D eigenvalue weighted by atomic mass is 10.2. The molecule has 0 aromatic heterocycles. The maximum atomic E-state index is 13.3. The summed E-state index contributed by atoms with van der Waals surface area (Å²) in [4.78, 5) is 23.2. The molecule has 1 amide bonds. The summed E-state index contributed by atoms with van der Waals surface area (Å²) in [6, 6.07) is 20.1. The third-order valence-electron chi connectivity index (χ3n) is 4.45. The van der Waals surface area contributed by atoms with Gasteiger partial charge in [0.25, 0.3) is 21.6 Å². The number of sulfonamides is 1. The lowest BCUT2D eigenvalue weighted by Crippen LogP contribution is -2.39. The van der Waals surface area contributed by atoms with E-state index in [1.165, 1.54) is 54.7 Å². The SMILES string of the molecule is Cc1ccc(/C=N\NC(=O)CN(c2ccccc2[N+](=O)[O-])S(=O)(=O)c2ccccc2)cc1. The molecule has 164 valence electrons. The van der Waals surface area contributed by atoms with Crippen molar-refractivity contribution in [2.24, 2.45) is 5.10 Å². The van der Waals surface area contributed by atoms with E-state index in [1.54, 1.807) is 6.07 Å². The van der Waals surface area contributed by atoms with Gasteiger partial charge in [-0.1, -0.05) is 60.2 Å².